The predicted molar refractivity (Wildman–Crippen MR) is 321 cm³/mol. The first-order chi connectivity index (χ1) is 41.8. The molecule has 464 valence electrons. The number of primary amides is 1. The van der Waals surface area contributed by atoms with Gasteiger partial charge in [-0.1, -0.05) is 0 Å². The lowest BCUT2D eigenvalue weighted by Crippen LogP contribution is -2.39. The van der Waals surface area contributed by atoms with Crippen LogP contribution >= 0.6 is 0 Å². The molecule has 0 unspecified atom stereocenters. The first kappa shape index (κ1) is 63.0. The molecule has 0 bridgehead atoms. The van der Waals surface area contributed by atoms with E-state index in [1.165, 1.54) is 90.2 Å². The first-order valence-electron chi connectivity index (χ1n) is 27.5. The zero-order valence-electron chi connectivity index (χ0n) is 49.2. The number of carbonyl (C=O) groups excluding carboxylic acids is 11. The van der Waals surface area contributed by atoms with E-state index in [1.807, 2.05) is 0 Å². The Hall–Kier alpha value is -11.0. The molecule has 7 aromatic rings. The number of anilines is 6. The van der Waals surface area contributed by atoms with Crippen LogP contribution in [0.5, 0.6) is 0 Å². The number of hydrogen-bond donors (Lipinski definition) is 13. The van der Waals surface area contributed by atoms with Crippen LogP contribution in [0.4, 0.5) is 34.1 Å². The molecule has 8 rings (SSSR count). The lowest BCUT2D eigenvalue weighted by Gasteiger charge is -2.13. The van der Waals surface area contributed by atoms with Gasteiger partial charge >= 0.3 is 0 Å². The molecule has 88 heavy (non-hydrogen) atoms. The smallest absolute Gasteiger partial charge is 0.291 e. The number of aryl methyl sites for hydroxylation is 7. The van der Waals surface area contributed by atoms with Crippen LogP contribution in [-0.4, -0.2) is 146 Å². The zero-order chi connectivity index (χ0) is 63.7. The molecule has 0 aliphatic carbocycles. The average Bonchev–Trinajstić information content (AvgIpc) is 3.15. The topological polar surface area (TPSA) is 420 Å². The van der Waals surface area contributed by atoms with Crippen molar-refractivity contribution in [2.24, 2.45) is 60.8 Å². The van der Waals surface area contributed by atoms with Gasteiger partial charge in [-0.25, -0.2) is 4.98 Å². The number of rotatable bonds is 25. The summed E-state index contributed by atoms with van der Waals surface area (Å²) < 4.78 is 10.6. The number of nitrogens with one attached hydrogen (secondary N) is 11. The molecule has 32 nitrogen and oxygen atoms in total. The number of nitrogens with zero attached hydrogens (tertiary/aromatic N) is 8. The second-order valence-corrected chi connectivity index (χ2v) is 21.1. The normalized spacial score (nSPS) is 13.9. The first-order valence-corrected chi connectivity index (χ1v) is 27.5. The van der Waals surface area contributed by atoms with Crippen molar-refractivity contribution in [2.75, 3.05) is 58.1 Å². The van der Waals surface area contributed by atoms with Gasteiger partial charge < -0.3 is 102 Å². The summed E-state index contributed by atoms with van der Waals surface area (Å²) >= 11 is 0. The zero-order valence-corrected chi connectivity index (χ0v) is 49.2. The van der Waals surface area contributed by atoms with Crippen LogP contribution in [0.25, 0.3) is 0 Å². The van der Waals surface area contributed by atoms with Crippen LogP contribution in [0, 0.1) is 0 Å². The Morgan fingerprint density at radius 3 is 1.35 bits per heavy atom. The molecular weight excluding hydrogens is 1140 g/mol. The lowest BCUT2D eigenvalue weighted by atomic mass is 10.1. The highest BCUT2D eigenvalue weighted by Crippen LogP contribution is 2.22. The molecule has 8 heterocycles. The number of hydrogen-bond acceptors (Lipinski definition) is 14. The monoisotopic (exact) mass is 1210 g/mol. The SMILES string of the molecule is Cn1cc(NC(=O)CCNC(=O)c2cc(NC(=O)c3cc(NC(=O)c4cc(NC(=O)[C@H](N)CCNC(=O)c5cc(NC(=O)[C@@H]6C[C@H](NC(=O)CCNC(=O)c7cc(NC(=O)c8nccn8C)cn7C)CN6)cn5C)cn4C)cn3C)cn2C)cc1C(N)=O. The molecule has 32 heteroatoms. The van der Waals surface area contributed by atoms with E-state index in [4.69, 9.17) is 11.5 Å². The number of aromatic nitrogens is 8. The Morgan fingerprint density at radius 2 is 0.898 bits per heavy atom. The third kappa shape index (κ3) is 15.6. The summed E-state index contributed by atoms with van der Waals surface area (Å²) in [6.07, 6.45) is 12.7. The Kier molecular flexibility index (Phi) is 19.6. The summed E-state index contributed by atoms with van der Waals surface area (Å²) in [7, 11) is 11.4. The molecule has 11 amide bonds. The number of imidazole rings is 1. The van der Waals surface area contributed by atoms with E-state index in [9.17, 15) is 52.7 Å². The van der Waals surface area contributed by atoms with E-state index in [0.29, 0.717) is 29.3 Å². The summed E-state index contributed by atoms with van der Waals surface area (Å²) in [6.45, 7) is 0.371. The molecule has 0 saturated carbocycles. The van der Waals surface area contributed by atoms with Crippen molar-refractivity contribution in [2.45, 2.75) is 43.8 Å². The average molecular weight is 1210 g/mol. The van der Waals surface area contributed by atoms with Gasteiger partial charge in [0.2, 0.25) is 23.6 Å². The van der Waals surface area contributed by atoms with Crippen LogP contribution in [0.2, 0.25) is 0 Å². The maximum absolute atomic E-state index is 13.5. The van der Waals surface area contributed by atoms with E-state index in [-0.39, 0.29) is 115 Å². The second-order valence-electron chi connectivity index (χ2n) is 21.1. The second kappa shape index (κ2) is 27.3. The maximum atomic E-state index is 13.5. The highest BCUT2D eigenvalue weighted by atomic mass is 16.2. The fraction of sp³-hybridized carbons (Fsp3) is 0.321. The number of amides is 11. The summed E-state index contributed by atoms with van der Waals surface area (Å²) in [5.74, 6) is -5.09. The van der Waals surface area contributed by atoms with E-state index in [0.717, 1.165) is 0 Å². The van der Waals surface area contributed by atoms with E-state index in [2.05, 4.69) is 63.5 Å². The Morgan fingerprint density at radius 1 is 0.500 bits per heavy atom. The highest BCUT2D eigenvalue weighted by Gasteiger charge is 2.31. The fourth-order valence-electron chi connectivity index (χ4n) is 9.69. The van der Waals surface area contributed by atoms with E-state index < -0.39 is 65.2 Å². The minimum absolute atomic E-state index is 0.00258. The molecule has 1 fully saturated rings. The quantitative estimate of drug-likeness (QED) is 0.0351. The molecule has 1 saturated heterocycles. The largest absolute Gasteiger partial charge is 0.364 e. The molecule has 15 N–H and O–H groups in total. The van der Waals surface area contributed by atoms with Crippen molar-refractivity contribution in [1.29, 1.82) is 0 Å². The van der Waals surface area contributed by atoms with Crippen molar-refractivity contribution in [1.82, 2.24) is 63.5 Å². The molecule has 0 radical (unpaired) electrons. The molecule has 7 aromatic heterocycles. The molecule has 0 aromatic carbocycles. The minimum atomic E-state index is -1.06. The highest BCUT2D eigenvalue weighted by molar-refractivity contribution is 6.08. The van der Waals surface area contributed by atoms with Crippen LogP contribution < -0.4 is 70.0 Å². The summed E-state index contributed by atoms with van der Waals surface area (Å²) in [4.78, 5) is 146. The molecule has 1 aliphatic rings. The van der Waals surface area contributed by atoms with Crippen molar-refractivity contribution in [3.05, 3.63) is 126 Å². The molecule has 0 spiro atoms. The van der Waals surface area contributed by atoms with Crippen molar-refractivity contribution in [3.8, 4) is 0 Å². The van der Waals surface area contributed by atoms with E-state index >= 15 is 0 Å². The van der Waals surface area contributed by atoms with Gasteiger partial charge in [0.05, 0.1) is 46.2 Å². The Labute approximate surface area is 502 Å². The van der Waals surface area contributed by atoms with Gasteiger partial charge in [0.25, 0.3) is 41.4 Å². The van der Waals surface area contributed by atoms with Gasteiger partial charge in [-0.15, -0.1) is 0 Å². The molecule has 3 atom stereocenters. The number of nitrogens with two attached hydrogens (primary N) is 2. The van der Waals surface area contributed by atoms with Crippen molar-refractivity contribution in [3.63, 3.8) is 0 Å². The minimum Gasteiger partial charge on any atom is -0.364 e. The maximum Gasteiger partial charge on any atom is 0.291 e. The lowest BCUT2D eigenvalue weighted by molar-refractivity contribution is -0.122. The summed E-state index contributed by atoms with van der Waals surface area (Å²) in [6, 6.07) is 6.75. The summed E-state index contributed by atoms with van der Waals surface area (Å²) in [5, 5.41) is 30.4. The molecular formula is C56H69N21O11. The van der Waals surface area contributed by atoms with Gasteiger partial charge in [0.15, 0.2) is 5.82 Å². The summed E-state index contributed by atoms with van der Waals surface area (Å²) in [5.41, 5.74) is 14.7. The van der Waals surface area contributed by atoms with Crippen molar-refractivity contribution < 1.29 is 52.7 Å². The predicted octanol–water partition coefficient (Wildman–Crippen LogP) is -0.243. The third-order valence-corrected chi connectivity index (χ3v) is 14.2. The Balaban J connectivity index is 0.715. The van der Waals surface area contributed by atoms with Gasteiger partial charge in [0, 0.05) is 144 Å². The van der Waals surface area contributed by atoms with Crippen LogP contribution in [0.15, 0.2) is 86.0 Å². The van der Waals surface area contributed by atoms with Gasteiger partial charge in [-0.3, -0.25) is 52.7 Å². The third-order valence-electron chi connectivity index (χ3n) is 14.2. The van der Waals surface area contributed by atoms with Gasteiger partial charge in [-0.05, 0) is 49.2 Å². The van der Waals surface area contributed by atoms with Crippen LogP contribution in [0.3, 0.4) is 0 Å². The molecule has 1 aliphatic heterocycles. The Bertz CT molecular complexity index is 3870. The van der Waals surface area contributed by atoms with Gasteiger partial charge in [-0.2, -0.15) is 0 Å². The number of carbonyl (C=O) groups is 11. The van der Waals surface area contributed by atoms with Crippen molar-refractivity contribution >= 4 is 99.1 Å². The van der Waals surface area contributed by atoms with E-state index in [1.54, 1.807) is 77.1 Å². The van der Waals surface area contributed by atoms with Crippen LogP contribution in [-0.2, 0) is 68.5 Å². The standard InChI is InChI=1S/C56H69N21O11/c1-71-15-14-59-48(71)56(88)70-36-20-42(75(5)29-36)53(85)61-12-9-45(78)64-30-16-38(63-23-30)50(82)67-33-18-40(73(3)26-33)51(83)60-11-8-37(57)49(81)66-32-21-43(76(6)25-32)54(86)69-35-22-44(77(7)28-35)55(87)68-34-19-41(74(4)27-34)52(84)62-13-10-46(79)65-31-17-39(47(58)80)72(2)24-31/h14-15,17-22,24-30,37-38,63H,8-13,16,23,57H2,1-7H3,(H2,58,80)(H,60,83)(H,61,85)(H,62,84)(H,64,78)(H,65,79)(H,66,81)(H,67,82)(H,68,87)(H,69,86)(H,70,88)/t30-,37+,38-/m0/s1. The van der Waals surface area contributed by atoms with Gasteiger partial charge in [0.1, 0.15) is 34.2 Å². The fourth-order valence-corrected chi connectivity index (χ4v) is 9.69. The van der Waals surface area contributed by atoms with Crippen LogP contribution in [0.1, 0.15) is 99.2 Å².